The van der Waals surface area contributed by atoms with Crippen LogP contribution < -0.4 is 10.1 Å². The lowest BCUT2D eigenvalue weighted by Gasteiger charge is -2.26. The second kappa shape index (κ2) is 9.61. The monoisotopic (exact) mass is 407 g/mol. The molecule has 7 heteroatoms. The lowest BCUT2D eigenvalue weighted by Crippen LogP contribution is -2.35. The number of para-hydroxylation sites is 1. The van der Waals surface area contributed by atoms with Crippen molar-refractivity contribution in [1.82, 2.24) is 15.1 Å². The molecule has 2 atom stereocenters. The van der Waals surface area contributed by atoms with Crippen LogP contribution in [-0.4, -0.2) is 60.1 Å². The molecule has 28 heavy (non-hydrogen) atoms. The number of unbranched alkanes of at least 4 members (excludes halogenated alkanes) is 2. The van der Waals surface area contributed by atoms with Gasteiger partial charge in [0.15, 0.2) is 0 Å². The maximum atomic E-state index is 12.3. The lowest BCUT2D eigenvalue weighted by molar-refractivity contribution is -0.128. The number of halogens is 1. The van der Waals surface area contributed by atoms with Crippen LogP contribution in [0.3, 0.4) is 0 Å². The fourth-order valence-electron chi connectivity index (χ4n) is 4.37. The number of imide groups is 1. The number of carbonyl (C=O) groups is 2. The normalized spacial score (nSPS) is 23.3. The molecule has 2 fully saturated rings. The topological polar surface area (TPSA) is 61.9 Å². The van der Waals surface area contributed by atoms with Gasteiger partial charge in [0.05, 0.1) is 0 Å². The number of amides is 3. The van der Waals surface area contributed by atoms with Gasteiger partial charge in [0.1, 0.15) is 17.9 Å². The highest BCUT2D eigenvalue weighted by Crippen LogP contribution is 2.28. The van der Waals surface area contributed by atoms with Crippen molar-refractivity contribution in [2.24, 2.45) is 0 Å². The average molecular weight is 408 g/mol. The summed E-state index contributed by atoms with van der Waals surface area (Å²) in [6.07, 6.45) is 7.12. The zero-order valence-electron chi connectivity index (χ0n) is 16.3. The zero-order chi connectivity index (χ0) is 18.6. The van der Waals surface area contributed by atoms with Crippen LogP contribution in [0.4, 0.5) is 4.79 Å². The van der Waals surface area contributed by atoms with E-state index in [1.165, 1.54) is 10.5 Å². The predicted octanol–water partition coefficient (Wildman–Crippen LogP) is 2.99. The molecule has 0 bridgehead atoms. The first-order chi connectivity index (χ1) is 13.2. The third-order valence-corrected chi connectivity index (χ3v) is 5.89. The minimum atomic E-state index is -0.167. The van der Waals surface area contributed by atoms with Crippen molar-refractivity contribution in [1.29, 1.82) is 0 Å². The van der Waals surface area contributed by atoms with Crippen LogP contribution in [0.15, 0.2) is 24.3 Å². The molecule has 1 N–H and O–H groups in total. The van der Waals surface area contributed by atoms with E-state index < -0.39 is 0 Å². The fraction of sp³-hybridized carbons (Fsp3) is 0.619. The Kier molecular flexibility index (Phi) is 7.18. The van der Waals surface area contributed by atoms with Crippen LogP contribution >= 0.6 is 12.4 Å². The number of rotatable bonds is 8. The van der Waals surface area contributed by atoms with Crippen LogP contribution in [0.1, 0.15) is 44.1 Å². The predicted molar refractivity (Wildman–Crippen MR) is 110 cm³/mol. The summed E-state index contributed by atoms with van der Waals surface area (Å²) in [5, 5.41) is 3.48. The van der Waals surface area contributed by atoms with Crippen molar-refractivity contribution in [2.75, 3.05) is 26.2 Å². The molecule has 0 aromatic heterocycles. The van der Waals surface area contributed by atoms with Crippen LogP contribution in [-0.2, 0) is 11.2 Å². The van der Waals surface area contributed by atoms with Crippen LogP contribution in [0, 0.1) is 0 Å². The largest absolute Gasteiger partial charge is 0.489 e. The Balaban J connectivity index is 0.00000225. The van der Waals surface area contributed by atoms with E-state index in [0.29, 0.717) is 6.54 Å². The van der Waals surface area contributed by atoms with Crippen molar-refractivity contribution in [3.8, 4) is 5.75 Å². The van der Waals surface area contributed by atoms with Gasteiger partial charge >= 0.3 is 6.03 Å². The van der Waals surface area contributed by atoms with Crippen molar-refractivity contribution in [2.45, 2.75) is 57.1 Å². The Bertz CT molecular complexity index is 677. The van der Waals surface area contributed by atoms with Crippen LogP contribution in [0.25, 0.3) is 0 Å². The molecule has 1 aromatic carbocycles. The smallest absolute Gasteiger partial charge is 0.327 e. The van der Waals surface area contributed by atoms with E-state index >= 15 is 0 Å². The summed E-state index contributed by atoms with van der Waals surface area (Å²) in [7, 11) is 0. The summed E-state index contributed by atoms with van der Waals surface area (Å²) < 4.78 is 6.04. The SMILES string of the molecule is Cl.O=C1C2CCCN2C(=O)N1CCCCCNCC1CCc2ccccc2O1. The van der Waals surface area contributed by atoms with E-state index in [4.69, 9.17) is 4.74 Å². The van der Waals surface area contributed by atoms with E-state index in [2.05, 4.69) is 17.4 Å². The van der Waals surface area contributed by atoms with Crippen LogP contribution in [0.5, 0.6) is 5.75 Å². The summed E-state index contributed by atoms with van der Waals surface area (Å²) in [6.45, 7) is 3.11. The maximum Gasteiger partial charge on any atom is 0.327 e. The Morgan fingerprint density at radius 2 is 1.96 bits per heavy atom. The highest BCUT2D eigenvalue weighted by molar-refractivity contribution is 6.04. The summed E-state index contributed by atoms with van der Waals surface area (Å²) in [4.78, 5) is 27.7. The first-order valence-corrected chi connectivity index (χ1v) is 10.3. The van der Waals surface area contributed by atoms with Gasteiger partial charge < -0.3 is 15.0 Å². The number of hydrogen-bond donors (Lipinski definition) is 1. The van der Waals surface area contributed by atoms with Gasteiger partial charge in [-0.1, -0.05) is 24.6 Å². The van der Waals surface area contributed by atoms with Gasteiger partial charge in [-0.25, -0.2) is 4.79 Å². The molecule has 0 radical (unpaired) electrons. The minimum Gasteiger partial charge on any atom is -0.489 e. The zero-order valence-corrected chi connectivity index (χ0v) is 17.1. The second-order valence-electron chi connectivity index (χ2n) is 7.77. The lowest BCUT2D eigenvalue weighted by atomic mass is 10.0. The first kappa shape index (κ1) is 20.9. The van der Waals surface area contributed by atoms with E-state index in [1.807, 2.05) is 12.1 Å². The number of carbonyl (C=O) groups excluding carboxylic acids is 2. The molecule has 0 spiro atoms. The van der Waals surface area contributed by atoms with Gasteiger partial charge in [-0.2, -0.15) is 0 Å². The van der Waals surface area contributed by atoms with E-state index in [-0.39, 0.29) is 36.5 Å². The summed E-state index contributed by atoms with van der Waals surface area (Å²) in [6, 6.07) is 8.03. The van der Waals surface area contributed by atoms with Crippen molar-refractivity contribution in [3.05, 3.63) is 29.8 Å². The van der Waals surface area contributed by atoms with Gasteiger partial charge in [0.2, 0.25) is 0 Å². The minimum absolute atomic E-state index is 0. The van der Waals surface area contributed by atoms with Gasteiger partial charge in [-0.05, 0) is 56.7 Å². The van der Waals surface area contributed by atoms with E-state index in [0.717, 1.165) is 70.3 Å². The summed E-state index contributed by atoms with van der Waals surface area (Å²) >= 11 is 0. The van der Waals surface area contributed by atoms with Gasteiger partial charge in [-0.15, -0.1) is 12.4 Å². The molecule has 2 unspecified atom stereocenters. The molecule has 3 amide bonds. The van der Waals surface area contributed by atoms with Crippen molar-refractivity contribution >= 4 is 24.3 Å². The molecule has 0 saturated carbocycles. The average Bonchev–Trinajstić information content (AvgIpc) is 3.26. The summed E-state index contributed by atoms with van der Waals surface area (Å²) in [5.74, 6) is 1.04. The Morgan fingerprint density at radius 1 is 1.11 bits per heavy atom. The van der Waals surface area contributed by atoms with Gasteiger partial charge in [-0.3, -0.25) is 9.69 Å². The number of urea groups is 1. The highest BCUT2D eigenvalue weighted by atomic mass is 35.5. The Hall–Kier alpha value is -1.79. The number of nitrogens with zero attached hydrogens (tertiary/aromatic N) is 2. The molecule has 3 heterocycles. The molecule has 2 saturated heterocycles. The number of fused-ring (bicyclic) bond motifs is 2. The molecular formula is C21H30ClN3O3. The quantitative estimate of drug-likeness (QED) is 0.531. The standard InChI is InChI=1S/C21H29N3O3.ClH/c25-20-18-8-6-14-23(18)21(26)24(20)13-5-1-4-12-22-15-17-11-10-16-7-2-3-9-19(16)27-17;/h2-3,7,9,17-18,22H,1,4-6,8,10-15H2;1H. The number of hydrogen-bond acceptors (Lipinski definition) is 4. The number of nitrogens with one attached hydrogen (secondary N) is 1. The molecule has 3 aliphatic heterocycles. The molecule has 3 aliphatic rings. The molecule has 0 aliphatic carbocycles. The Morgan fingerprint density at radius 3 is 2.82 bits per heavy atom. The second-order valence-corrected chi connectivity index (χ2v) is 7.77. The molecule has 154 valence electrons. The molecule has 6 nitrogen and oxygen atoms in total. The third kappa shape index (κ3) is 4.44. The van der Waals surface area contributed by atoms with Gasteiger partial charge in [0, 0.05) is 19.6 Å². The van der Waals surface area contributed by atoms with E-state index in [9.17, 15) is 9.59 Å². The maximum absolute atomic E-state index is 12.3. The van der Waals surface area contributed by atoms with Crippen LogP contribution in [0.2, 0.25) is 0 Å². The number of ether oxygens (including phenoxy) is 1. The molecule has 4 rings (SSSR count). The van der Waals surface area contributed by atoms with Gasteiger partial charge in [0.25, 0.3) is 5.91 Å². The third-order valence-electron chi connectivity index (χ3n) is 5.89. The molecule has 1 aromatic rings. The van der Waals surface area contributed by atoms with Crippen molar-refractivity contribution in [3.63, 3.8) is 0 Å². The highest BCUT2D eigenvalue weighted by Gasteiger charge is 2.46. The first-order valence-electron chi connectivity index (χ1n) is 10.3. The number of aryl methyl sites for hydroxylation is 1. The van der Waals surface area contributed by atoms with Crippen molar-refractivity contribution < 1.29 is 14.3 Å². The molecular weight excluding hydrogens is 378 g/mol. The number of benzene rings is 1. The fourth-order valence-corrected chi connectivity index (χ4v) is 4.37. The Labute approximate surface area is 173 Å². The van der Waals surface area contributed by atoms with E-state index in [1.54, 1.807) is 4.90 Å². The summed E-state index contributed by atoms with van der Waals surface area (Å²) in [5.41, 5.74) is 1.31.